The lowest BCUT2D eigenvalue weighted by Crippen LogP contribution is -2.33. The van der Waals surface area contributed by atoms with E-state index in [9.17, 15) is 25.0 Å². The molecule has 1 aliphatic heterocycles. The number of amides is 1. The van der Waals surface area contributed by atoms with Gasteiger partial charge in [0.25, 0.3) is 17.3 Å². The number of carbonyl (C=O) groups excluding carboxylic acids is 1. The number of rotatable bonds is 5. The van der Waals surface area contributed by atoms with Gasteiger partial charge >= 0.3 is 0 Å². The van der Waals surface area contributed by atoms with Crippen LogP contribution in [-0.2, 0) is 0 Å². The van der Waals surface area contributed by atoms with Gasteiger partial charge in [0, 0.05) is 28.1 Å². The molecule has 0 aromatic heterocycles. The third-order valence-electron chi connectivity index (χ3n) is 6.97. The van der Waals surface area contributed by atoms with Gasteiger partial charge in [-0.3, -0.25) is 25.0 Å². The fourth-order valence-electron chi connectivity index (χ4n) is 5.27. The number of hydrazone groups is 1. The van der Waals surface area contributed by atoms with Crippen molar-refractivity contribution in [2.45, 2.75) is 25.8 Å². The maximum absolute atomic E-state index is 13.9. The molecule has 0 spiro atoms. The molecule has 5 rings (SSSR count). The minimum Gasteiger partial charge on any atom is -0.267 e. The zero-order valence-electron chi connectivity index (χ0n) is 20.7. The van der Waals surface area contributed by atoms with Crippen molar-refractivity contribution in [1.29, 1.82) is 0 Å². The van der Waals surface area contributed by atoms with Crippen LogP contribution < -0.4 is 0 Å². The van der Waals surface area contributed by atoms with Gasteiger partial charge in [0.15, 0.2) is 0 Å². The van der Waals surface area contributed by atoms with E-state index in [4.69, 9.17) is 28.3 Å². The maximum atomic E-state index is 13.9. The summed E-state index contributed by atoms with van der Waals surface area (Å²) < 4.78 is 0. The second-order valence-electron chi connectivity index (χ2n) is 9.76. The highest BCUT2D eigenvalue weighted by Crippen LogP contribution is 2.47. The Kier molecular flexibility index (Phi) is 7.20. The molecule has 1 fully saturated rings. The van der Waals surface area contributed by atoms with Crippen LogP contribution >= 0.6 is 23.2 Å². The molecule has 3 aromatic carbocycles. The van der Waals surface area contributed by atoms with Crippen LogP contribution in [0.4, 0.5) is 11.4 Å². The van der Waals surface area contributed by atoms with Crippen LogP contribution in [0.5, 0.6) is 0 Å². The van der Waals surface area contributed by atoms with Crippen LogP contribution in [0.2, 0.25) is 10.0 Å². The Balaban J connectivity index is 1.63. The van der Waals surface area contributed by atoms with Gasteiger partial charge in [0.05, 0.1) is 33.2 Å². The molecule has 0 radical (unpaired) electrons. The number of non-ortho nitro benzene ring substituents is 2. The van der Waals surface area contributed by atoms with Crippen molar-refractivity contribution in [3.63, 3.8) is 0 Å². The molecule has 3 atom stereocenters. The number of nitrogens with zero attached hydrogens (tertiary/aromatic N) is 4. The average Bonchev–Trinajstić information content (AvgIpc) is 3.29. The van der Waals surface area contributed by atoms with Crippen LogP contribution in [0.25, 0.3) is 6.08 Å². The standard InChI is InChI=1S/C28H22Cl2N4O5/c1-16-10-19(12-17-2-6-21(29)7-3-17)26-25(11-16)27(18-4-8-22(30)9-5-18)32(31-26)28(35)20-13-23(33(36)37)15-24(14-20)34(38)39/h2-9,12-16,25,27H,10-11H2,1H3/b19-12+. The number of hydrogen-bond donors (Lipinski definition) is 0. The molecule has 1 aliphatic carbocycles. The summed E-state index contributed by atoms with van der Waals surface area (Å²) >= 11 is 12.2. The van der Waals surface area contributed by atoms with E-state index >= 15 is 0 Å². The third-order valence-corrected chi connectivity index (χ3v) is 7.47. The number of carbonyl (C=O) groups is 1. The Morgan fingerprint density at radius 1 is 0.949 bits per heavy atom. The molecule has 0 bridgehead atoms. The minimum atomic E-state index is -0.759. The number of nitro benzene ring substituents is 2. The van der Waals surface area contributed by atoms with Gasteiger partial charge in [-0.05, 0) is 65.8 Å². The molecule has 9 nitrogen and oxygen atoms in total. The number of fused-ring (bicyclic) bond motifs is 1. The largest absolute Gasteiger partial charge is 0.277 e. The molecule has 3 aromatic rings. The van der Waals surface area contributed by atoms with Crippen LogP contribution in [0.15, 0.2) is 77.4 Å². The molecule has 198 valence electrons. The lowest BCUT2D eigenvalue weighted by molar-refractivity contribution is -0.394. The Morgan fingerprint density at radius 2 is 1.51 bits per heavy atom. The Labute approximate surface area is 233 Å². The van der Waals surface area contributed by atoms with Crippen molar-refractivity contribution in [1.82, 2.24) is 5.01 Å². The molecule has 0 N–H and O–H groups in total. The first-order valence-electron chi connectivity index (χ1n) is 12.2. The summed E-state index contributed by atoms with van der Waals surface area (Å²) in [6.07, 6.45) is 3.53. The monoisotopic (exact) mass is 564 g/mol. The number of hydrogen-bond acceptors (Lipinski definition) is 6. The van der Waals surface area contributed by atoms with E-state index in [0.717, 1.165) is 53.5 Å². The number of benzene rings is 3. The Bertz CT molecular complexity index is 1500. The summed E-state index contributed by atoms with van der Waals surface area (Å²) in [6.45, 7) is 2.14. The summed E-state index contributed by atoms with van der Waals surface area (Å²) in [7, 11) is 0. The van der Waals surface area contributed by atoms with E-state index < -0.39 is 33.2 Å². The Hall–Kier alpha value is -4.08. The third kappa shape index (κ3) is 5.41. The van der Waals surface area contributed by atoms with Crippen molar-refractivity contribution in [3.8, 4) is 0 Å². The molecule has 39 heavy (non-hydrogen) atoms. The number of halogens is 2. The highest BCUT2D eigenvalue weighted by molar-refractivity contribution is 6.30. The highest BCUT2D eigenvalue weighted by Gasteiger charge is 2.45. The van der Waals surface area contributed by atoms with Gasteiger partial charge in [0.2, 0.25) is 0 Å². The first kappa shape index (κ1) is 26.5. The average molecular weight is 565 g/mol. The van der Waals surface area contributed by atoms with E-state index in [1.54, 1.807) is 24.3 Å². The molecule has 1 heterocycles. The number of allylic oxidation sites excluding steroid dienone is 1. The molecule has 11 heteroatoms. The van der Waals surface area contributed by atoms with Crippen LogP contribution in [0, 0.1) is 32.1 Å². The fourth-order valence-corrected chi connectivity index (χ4v) is 5.52. The molecule has 0 saturated heterocycles. The molecule has 3 unspecified atom stereocenters. The predicted molar refractivity (Wildman–Crippen MR) is 149 cm³/mol. The SMILES string of the molecule is CC1C/C(=C\c2ccc(Cl)cc2)C2=NN(C(=O)c3cc([N+](=O)[O-])cc([N+](=O)[O-])c3)C(c3ccc(Cl)cc3)C2C1. The van der Waals surface area contributed by atoms with Crippen molar-refractivity contribution in [2.75, 3.05) is 0 Å². The van der Waals surface area contributed by atoms with E-state index in [1.165, 1.54) is 5.01 Å². The second-order valence-corrected chi connectivity index (χ2v) is 10.6. The second kappa shape index (κ2) is 10.6. The summed E-state index contributed by atoms with van der Waals surface area (Å²) in [6, 6.07) is 16.9. The van der Waals surface area contributed by atoms with Gasteiger partial charge in [-0.1, -0.05) is 54.4 Å². The van der Waals surface area contributed by atoms with Crippen molar-refractivity contribution < 1.29 is 14.6 Å². The van der Waals surface area contributed by atoms with Crippen LogP contribution in [-0.4, -0.2) is 26.5 Å². The summed E-state index contributed by atoms with van der Waals surface area (Å²) in [5, 5.41) is 30.2. The lowest BCUT2D eigenvalue weighted by Gasteiger charge is -2.32. The maximum Gasteiger partial charge on any atom is 0.277 e. The van der Waals surface area contributed by atoms with E-state index in [-0.39, 0.29) is 17.4 Å². The molecule has 1 saturated carbocycles. The van der Waals surface area contributed by atoms with Gasteiger partial charge in [-0.2, -0.15) is 5.10 Å². The quantitative estimate of drug-likeness (QED) is 0.235. The molecular weight excluding hydrogens is 543 g/mol. The molecule has 1 amide bonds. The smallest absolute Gasteiger partial charge is 0.267 e. The first-order chi connectivity index (χ1) is 18.6. The van der Waals surface area contributed by atoms with E-state index in [1.807, 2.05) is 30.3 Å². The summed E-state index contributed by atoms with van der Waals surface area (Å²) in [4.78, 5) is 35.3. The molecular formula is C28H22Cl2N4O5. The van der Waals surface area contributed by atoms with Crippen molar-refractivity contribution in [3.05, 3.63) is 119 Å². The van der Waals surface area contributed by atoms with Crippen LogP contribution in [0.3, 0.4) is 0 Å². The van der Waals surface area contributed by atoms with Crippen molar-refractivity contribution >= 4 is 52.3 Å². The first-order valence-corrected chi connectivity index (χ1v) is 12.9. The van der Waals surface area contributed by atoms with E-state index in [0.29, 0.717) is 10.0 Å². The zero-order valence-corrected chi connectivity index (χ0v) is 22.2. The minimum absolute atomic E-state index is 0.161. The van der Waals surface area contributed by atoms with Crippen molar-refractivity contribution in [2.24, 2.45) is 16.9 Å². The van der Waals surface area contributed by atoms with Gasteiger partial charge in [0.1, 0.15) is 0 Å². The Morgan fingerprint density at radius 3 is 2.08 bits per heavy atom. The topological polar surface area (TPSA) is 119 Å². The van der Waals surface area contributed by atoms with Crippen LogP contribution in [0.1, 0.15) is 47.3 Å². The fraction of sp³-hybridized carbons (Fsp3) is 0.214. The number of nitro groups is 2. The zero-order chi connectivity index (χ0) is 27.8. The predicted octanol–water partition coefficient (Wildman–Crippen LogP) is 7.49. The lowest BCUT2D eigenvalue weighted by atomic mass is 9.73. The van der Waals surface area contributed by atoms with Gasteiger partial charge in [-0.25, -0.2) is 5.01 Å². The van der Waals surface area contributed by atoms with Gasteiger partial charge < -0.3 is 0 Å². The summed E-state index contributed by atoms with van der Waals surface area (Å²) in [5.41, 5.74) is 2.17. The van der Waals surface area contributed by atoms with Gasteiger partial charge in [-0.15, -0.1) is 0 Å². The summed E-state index contributed by atoms with van der Waals surface area (Å²) in [5.74, 6) is -0.537. The normalized spacial score (nSPS) is 21.4. The highest BCUT2D eigenvalue weighted by atomic mass is 35.5. The van der Waals surface area contributed by atoms with E-state index in [2.05, 4.69) is 6.92 Å². The molecule has 2 aliphatic rings.